The minimum Gasteiger partial charge on any atom is -0.100 e. The Labute approximate surface area is 66.3 Å². The predicted octanol–water partition coefficient (Wildman–Crippen LogP) is 3.00. The average Bonchev–Trinajstić information content (AvgIpc) is 1.58. The summed E-state index contributed by atoms with van der Waals surface area (Å²) in [6.45, 7) is 14.4. The highest BCUT2D eigenvalue weighted by Crippen LogP contribution is 2.10. The molecule has 1 heteroatoms. The molecule has 0 aliphatic heterocycles. The summed E-state index contributed by atoms with van der Waals surface area (Å²) in [4.78, 5) is 0. The van der Waals surface area contributed by atoms with E-state index in [1.54, 1.807) is 0 Å². The molecule has 0 fully saturated rings. The SMILES string of the molecule is C=C(C)C[SiH](C)CC(=C)C. The Kier molecular flexibility index (Phi) is 4.37. The molecule has 0 spiro atoms. The summed E-state index contributed by atoms with van der Waals surface area (Å²) in [6, 6.07) is 2.54. The van der Waals surface area contributed by atoms with Crippen LogP contribution in [0.1, 0.15) is 13.8 Å². The summed E-state index contributed by atoms with van der Waals surface area (Å²) in [5.74, 6) is 0. The maximum Gasteiger partial charge on any atom is 0.0419 e. The van der Waals surface area contributed by atoms with Gasteiger partial charge in [0.2, 0.25) is 0 Å². The largest absolute Gasteiger partial charge is 0.100 e. The minimum atomic E-state index is -0.517. The van der Waals surface area contributed by atoms with Crippen LogP contribution in [0.3, 0.4) is 0 Å². The Morgan fingerprint density at radius 2 is 1.40 bits per heavy atom. The summed E-state index contributed by atoms with van der Waals surface area (Å²) < 4.78 is 0. The van der Waals surface area contributed by atoms with Crippen LogP contribution in [0.2, 0.25) is 18.6 Å². The van der Waals surface area contributed by atoms with E-state index in [9.17, 15) is 0 Å². The molecule has 0 bridgehead atoms. The van der Waals surface area contributed by atoms with Gasteiger partial charge >= 0.3 is 0 Å². The highest BCUT2D eigenvalue weighted by Gasteiger charge is 2.02. The van der Waals surface area contributed by atoms with Crippen molar-refractivity contribution in [2.24, 2.45) is 0 Å². The van der Waals surface area contributed by atoms with Gasteiger partial charge in [-0.25, -0.2) is 0 Å². The molecule has 0 saturated heterocycles. The van der Waals surface area contributed by atoms with Crippen molar-refractivity contribution in [2.75, 3.05) is 0 Å². The van der Waals surface area contributed by atoms with Crippen LogP contribution < -0.4 is 0 Å². The molecule has 58 valence electrons. The zero-order chi connectivity index (χ0) is 8.15. The Morgan fingerprint density at radius 3 is 1.60 bits per heavy atom. The van der Waals surface area contributed by atoms with Crippen LogP contribution in [0.25, 0.3) is 0 Å². The average molecular weight is 154 g/mol. The molecule has 0 aromatic rings. The van der Waals surface area contributed by atoms with E-state index in [0.717, 1.165) is 0 Å². The van der Waals surface area contributed by atoms with E-state index in [1.165, 1.54) is 23.2 Å². The van der Waals surface area contributed by atoms with Gasteiger partial charge in [-0.15, -0.1) is 13.2 Å². The molecule has 0 radical (unpaired) electrons. The molecule has 0 rings (SSSR count). The Hall–Kier alpha value is -0.303. The van der Waals surface area contributed by atoms with Crippen LogP contribution in [0.4, 0.5) is 0 Å². The van der Waals surface area contributed by atoms with Crippen LogP contribution >= 0.6 is 0 Å². The monoisotopic (exact) mass is 154 g/mol. The number of hydrogen-bond acceptors (Lipinski definition) is 0. The first-order chi connectivity index (χ1) is 4.52. The summed E-state index contributed by atoms with van der Waals surface area (Å²) in [5.41, 5.74) is 2.67. The first-order valence-electron chi connectivity index (χ1n) is 3.81. The predicted molar refractivity (Wildman–Crippen MR) is 52.3 cm³/mol. The van der Waals surface area contributed by atoms with Crippen molar-refractivity contribution in [3.8, 4) is 0 Å². The normalized spacial score (nSPS) is 10.0. The zero-order valence-corrected chi connectivity index (χ0v) is 8.56. The molecule has 0 aliphatic carbocycles. The third kappa shape index (κ3) is 5.83. The van der Waals surface area contributed by atoms with E-state index >= 15 is 0 Å². The fourth-order valence-corrected chi connectivity index (χ4v) is 3.79. The van der Waals surface area contributed by atoms with Gasteiger partial charge in [0.25, 0.3) is 0 Å². The Morgan fingerprint density at radius 1 is 1.10 bits per heavy atom. The lowest BCUT2D eigenvalue weighted by atomic mass is 10.4. The summed E-state index contributed by atoms with van der Waals surface area (Å²) >= 11 is 0. The van der Waals surface area contributed by atoms with Crippen molar-refractivity contribution in [3.05, 3.63) is 24.3 Å². The van der Waals surface area contributed by atoms with E-state index in [-0.39, 0.29) is 0 Å². The second kappa shape index (κ2) is 4.50. The molecule has 0 unspecified atom stereocenters. The molecule has 0 heterocycles. The molecule has 0 aliphatic rings. The van der Waals surface area contributed by atoms with E-state index in [1.807, 2.05) is 0 Å². The van der Waals surface area contributed by atoms with Gasteiger partial charge in [-0.1, -0.05) is 17.7 Å². The second-order valence-corrected chi connectivity index (χ2v) is 6.45. The molecule has 0 amide bonds. The van der Waals surface area contributed by atoms with Gasteiger partial charge in [0.15, 0.2) is 0 Å². The van der Waals surface area contributed by atoms with Crippen LogP contribution in [-0.2, 0) is 0 Å². The van der Waals surface area contributed by atoms with Crippen LogP contribution in [0.15, 0.2) is 24.3 Å². The topological polar surface area (TPSA) is 0 Å². The summed E-state index contributed by atoms with van der Waals surface area (Å²) in [6.07, 6.45) is 0. The lowest BCUT2D eigenvalue weighted by molar-refractivity contribution is 1.30. The molecular weight excluding hydrogens is 136 g/mol. The standard InChI is InChI=1S/C9H18Si/c1-8(2)6-10(5)7-9(3)4/h10H,1,3,6-7H2,2,4-5H3. The summed E-state index contributed by atoms with van der Waals surface area (Å²) in [5, 5.41) is 0. The van der Waals surface area contributed by atoms with Gasteiger partial charge in [0.1, 0.15) is 0 Å². The smallest absolute Gasteiger partial charge is 0.0419 e. The van der Waals surface area contributed by atoms with E-state index < -0.39 is 8.80 Å². The number of hydrogen-bond donors (Lipinski definition) is 0. The highest BCUT2D eigenvalue weighted by molar-refractivity contribution is 6.58. The van der Waals surface area contributed by atoms with Gasteiger partial charge in [-0.2, -0.15) is 0 Å². The molecule has 0 saturated carbocycles. The fourth-order valence-electron chi connectivity index (χ4n) is 1.26. The molecule has 10 heavy (non-hydrogen) atoms. The van der Waals surface area contributed by atoms with Crippen LogP contribution in [0, 0.1) is 0 Å². The fraction of sp³-hybridized carbons (Fsp3) is 0.556. The molecular formula is C9H18Si. The summed E-state index contributed by atoms with van der Waals surface area (Å²) in [7, 11) is -0.517. The van der Waals surface area contributed by atoms with Crippen molar-refractivity contribution in [2.45, 2.75) is 32.5 Å². The highest BCUT2D eigenvalue weighted by atomic mass is 28.3. The molecule has 0 atom stereocenters. The molecule has 0 aromatic heterocycles. The zero-order valence-electron chi connectivity index (χ0n) is 7.41. The van der Waals surface area contributed by atoms with Crippen molar-refractivity contribution in [1.29, 1.82) is 0 Å². The van der Waals surface area contributed by atoms with Crippen LogP contribution in [-0.4, -0.2) is 8.80 Å². The van der Waals surface area contributed by atoms with E-state index in [2.05, 4.69) is 33.6 Å². The maximum absolute atomic E-state index is 3.91. The third-order valence-electron chi connectivity index (χ3n) is 1.39. The van der Waals surface area contributed by atoms with Crippen molar-refractivity contribution < 1.29 is 0 Å². The van der Waals surface area contributed by atoms with E-state index in [0.29, 0.717) is 0 Å². The third-order valence-corrected chi connectivity index (χ3v) is 4.18. The first kappa shape index (κ1) is 9.70. The lowest BCUT2D eigenvalue weighted by Crippen LogP contribution is -2.06. The minimum absolute atomic E-state index is 0.517. The Bertz CT molecular complexity index is 120. The molecule has 0 nitrogen and oxygen atoms in total. The van der Waals surface area contributed by atoms with Crippen molar-refractivity contribution in [1.82, 2.24) is 0 Å². The van der Waals surface area contributed by atoms with Gasteiger partial charge in [-0.3, -0.25) is 0 Å². The number of rotatable bonds is 4. The molecule has 0 N–H and O–H groups in total. The van der Waals surface area contributed by atoms with Gasteiger partial charge in [0.05, 0.1) is 0 Å². The Balaban J connectivity index is 3.53. The van der Waals surface area contributed by atoms with Crippen molar-refractivity contribution >= 4 is 8.80 Å². The quantitative estimate of drug-likeness (QED) is 0.431. The first-order valence-corrected chi connectivity index (χ1v) is 6.60. The maximum atomic E-state index is 3.91. The van der Waals surface area contributed by atoms with Crippen LogP contribution in [0.5, 0.6) is 0 Å². The number of allylic oxidation sites excluding steroid dienone is 2. The van der Waals surface area contributed by atoms with Gasteiger partial charge in [0, 0.05) is 8.80 Å². The van der Waals surface area contributed by atoms with E-state index in [4.69, 9.17) is 0 Å². The van der Waals surface area contributed by atoms with Gasteiger partial charge < -0.3 is 0 Å². The second-order valence-electron chi connectivity index (χ2n) is 3.43. The molecule has 0 aromatic carbocycles. The lowest BCUT2D eigenvalue weighted by Gasteiger charge is -2.07. The van der Waals surface area contributed by atoms with Gasteiger partial charge in [-0.05, 0) is 25.9 Å². The van der Waals surface area contributed by atoms with Crippen molar-refractivity contribution in [3.63, 3.8) is 0 Å².